The maximum absolute atomic E-state index is 6.06. The summed E-state index contributed by atoms with van der Waals surface area (Å²) in [4.78, 5) is 0. The molecule has 2 aromatic carbocycles. The summed E-state index contributed by atoms with van der Waals surface area (Å²) in [6.07, 6.45) is 5.33. The van der Waals surface area contributed by atoms with Crippen molar-refractivity contribution in [3.05, 3.63) is 63.6 Å². The van der Waals surface area contributed by atoms with Crippen molar-refractivity contribution in [1.82, 2.24) is 0 Å². The largest absolute Gasteiger partial charge is 0.489 e. The van der Waals surface area contributed by atoms with Gasteiger partial charge in [-0.1, -0.05) is 41.3 Å². The SMILES string of the molecule is C#Cc1cccc(OCc2ccc(Cl)cc2Cl)c1. The van der Waals surface area contributed by atoms with Crippen LogP contribution in [0.15, 0.2) is 42.5 Å². The summed E-state index contributed by atoms with van der Waals surface area (Å²) in [6.45, 7) is 0.379. The molecule has 0 radical (unpaired) electrons. The van der Waals surface area contributed by atoms with E-state index >= 15 is 0 Å². The van der Waals surface area contributed by atoms with Crippen molar-refractivity contribution in [2.75, 3.05) is 0 Å². The standard InChI is InChI=1S/C15H10Cl2O/c1-2-11-4-3-5-14(8-11)18-10-12-6-7-13(16)9-15(12)17/h1,3-9H,10H2. The van der Waals surface area contributed by atoms with Gasteiger partial charge in [0.2, 0.25) is 0 Å². The van der Waals surface area contributed by atoms with Crippen LogP contribution in [-0.2, 0) is 6.61 Å². The number of terminal acetylenes is 1. The zero-order valence-corrected chi connectivity index (χ0v) is 11.0. The van der Waals surface area contributed by atoms with Gasteiger partial charge in [-0.25, -0.2) is 0 Å². The van der Waals surface area contributed by atoms with E-state index in [1.165, 1.54) is 0 Å². The highest BCUT2D eigenvalue weighted by molar-refractivity contribution is 6.35. The van der Waals surface area contributed by atoms with Crippen molar-refractivity contribution in [2.45, 2.75) is 6.61 Å². The van der Waals surface area contributed by atoms with E-state index in [9.17, 15) is 0 Å². The molecule has 2 aromatic rings. The minimum Gasteiger partial charge on any atom is -0.489 e. The molecule has 0 aromatic heterocycles. The molecule has 0 heterocycles. The number of halogens is 2. The van der Waals surface area contributed by atoms with Gasteiger partial charge < -0.3 is 4.74 Å². The van der Waals surface area contributed by atoms with Gasteiger partial charge in [0.05, 0.1) is 0 Å². The van der Waals surface area contributed by atoms with Crippen LogP contribution >= 0.6 is 23.2 Å². The predicted octanol–water partition coefficient (Wildman–Crippen LogP) is 4.55. The summed E-state index contributed by atoms with van der Waals surface area (Å²) in [5.41, 5.74) is 1.67. The summed E-state index contributed by atoms with van der Waals surface area (Å²) in [5.74, 6) is 3.28. The Morgan fingerprint density at radius 2 is 1.94 bits per heavy atom. The fraction of sp³-hybridized carbons (Fsp3) is 0.0667. The maximum atomic E-state index is 6.06. The minimum absolute atomic E-state index is 0.379. The molecule has 90 valence electrons. The van der Waals surface area contributed by atoms with Crippen molar-refractivity contribution in [3.63, 3.8) is 0 Å². The van der Waals surface area contributed by atoms with Crippen LogP contribution in [0.1, 0.15) is 11.1 Å². The Kier molecular flexibility index (Phi) is 4.15. The van der Waals surface area contributed by atoms with E-state index in [0.717, 1.165) is 16.9 Å². The van der Waals surface area contributed by atoms with Crippen LogP contribution < -0.4 is 4.74 Å². The van der Waals surface area contributed by atoms with Crippen molar-refractivity contribution in [3.8, 4) is 18.1 Å². The Balaban J connectivity index is 2.09. The molecule has 0 saturated carbocycles. The number of benzene rings is 2. The molecule has 0 aliphatic rings. The second kappa shape index (κ2) is 5.82. The summed E-state index contributed by atoms with van der Waals surface area (Å²) >= 11 is 11.9. The fourth-order valence-corrected chi connectivity index (χ4v) is 1.94. The average Bonchev–Trinajstić information content (AvgIpc) is 2.38. The molecule has 0 fully saturated rings. The van der Waals surface area contributed by atoms with Crippen LogP contribution in [0.4, 0.5) is 0 Å². The molecule has 0 unspecified atom stereocenters. The molecule has 18 heavy (non-hydrogen) atoms. The van der Waals surface area contributed by atoms with Crippen LogP contribution in [0.3, 0.4) is 0 Å². The quantitative estimate of drug-likeness (QED) is 0.747. The van der Waals surface area contributed by atoms with Crippen LogP contribution in [0.5, 0.6) is 5.75 Å². The number of hydrogen-bond donors (Lipinski definition) is 0. The lowest BCUT2D eigenvalue weighted by Crippen LogP contribution is -1.96. The molecule has 0 amide bonds. The number of ether oxygens (including phenoxy) is 1. The molecule has 0 N–H and O–H groups in total. The van der Waals surface area contributed by atoms with Crippen molar-refractivity contribution < 1.29 is 4.74 Å². The lowest BCUT2D eigenvalue weighted by Gasteiger charge is -2.08. The Morgan fingerprint density at radius 1 is 1.11 bits per heavy atom. The molecular weight excluding hydrogens is 267 g/mol. The van der Waals surface area contributed by atoms with Gasteiger partial charge in [-0.05, 0) is 30.3 Å². The Hall–Kier alpha value is -1.62. The van der Waals surface area contributed by atoms with Crippen molar-refractivity contribution in [1.29, 1.82) is 0 Å². The average molecular weight is 277 g/mol. The van der Waals surface area contributed by atoms with E-state index in [0.29, 0.717) is 16.7 Å². The third-order valence-corrected chi connectivity index (χ3v) is 3.00. The first kappa shape index (κ1) is 12.8. The molecular formula is C15H10Cl2O. The molecule has 0 spiro atoms. The first-order valence-corrected chi connectivity index (χ1v) is 6.08. The highest BCUT2D eigenvalue weighted by Crippen LogP contribution is 2.22. The lowest BCUT2D eigenvalue weighted by molar-refractivity contribution is 0.306. The van der Waals surface area contributed by atoms with Crippen LogP contribution in [0, 0.1) is 12.3 Å². The molecule has 2 rings (SSSR count). The summed E-state index contributed by atoms with van der Waals surface area (Å²) in [7, 11) is 0. The second-order valence-electron chi connectivity index (χ2n) is 3.70. The zero-order chi connectivity index (χ0) is 13.0. The van der Waals surface area contributed by atoms with E-state index < -0.39 is 0 Å². The van der Waals surface area contributed by atoms with Gasteiger partial charge in [-0.2, -0.15) is 0 Å². The second-order valence-corrected chi connectivity index (χ2v) is 4.54. The van der Waals surface area contributed by atoms with E-state index in [-0.39, 0.29) is 0 Å². The molecule has 0 saturated heterocycles. The maximum Gasteiger partial charge on any atom is 0.121 e. The monoisotopic (exact) mass is 276 g/mol. The van der Waals surface area contributed by atoms with E-state index in [2.05, 4.69) is 5.92 Å². The molecule has 1 nitrogen and oxygen atoms in total. The smallest absolute Gasteiger partial charge is 0.121 e. The van der Waals surface area contributed by atoms with Gasteiger partial charge in [0.1, 0.15) is 12.4 Å². The molecule has 0 aliphatic heterocycles. The third kappa shape index (κ3) is 3.20. The van der Waals surface area contributed by atoms with Crippen LogP contribution in [0.2, 0.25) is 10.0 Å². The zero-order valence-electron chi connectivity index (χ0n) is 9.49. The minimum atomic E-state index is 0.379. The summed E-state index contributed by atoms with van der Waals surface area (Å²) in [5, 5.41) is 1.20. The van der Waals surface area contributed by atoms with Crippen molar-refractivity contribution in [2.24, 2.45) is 0 Å². The molecule has 0 atom stereocenters. The van der Waals surface area contributed by atoms with Gasteiger partial charge in [0.25, 0.3) is 0 Å². The Morgan fingerprint density at radius 3 is 2.67 bits per heavy atom. The van der Waals surface area contributed by atoms with Crippen LogP contribution in [0.25, 0.3) is 0 Å². The van der Waals surface area contributed by atoms with Crippen molar-refractivity contribution >= 4 is 23.2 Å². The first-order chi connectivity index (χ1) is 8.69. The Labute approximate surface area is 116 Å². The van der Waals surface area contributed by atoms with Gasteiger partial charge in [0, 0.05) is 21.2 Å². The number of hydrogen-bond acceptors (Lipinski definition) is 1. The summed E-state index contributed by atoms with van der Waals surface area (Å²) < 4.78 is 5.63. The number of rotatable bonds is 3. The topological polar surface area (TPSA) is 9.23 Å². The molecule has 3 heteroatoms. The highest BCUT2D eigenvalue weighted by Gasteiger charge is 2.02. The van der Waals surface area contributed by atoms with Gasteiger partial charge in [-0.3, -0.25) is 0 Å². The van der Waals surface area contributed by atoms with Gasteiger partial charge in [-0.15, -0.1) is 6.42 Å². The van der Waals surface area contributed by atoms with E-state index in [1.807, 2.05) is 30.3 Å². The molecule has 0 aliphatic carbocycles. The van der Waals surface area contributed by atoms with E-state index in [4.69, 9.17) is 34.4 Å². The predicted molar refractivity (Wildman–Crippen MR) is 75.2 cm³/mol. The normalized spacial score (nSPS) is 9.83. The third-order valence-electron chi connectivity index (χ3n) is 2.41. The van der Waals surface area contributed by atoms with Crippen LogP contribution in [-0.4, -0.2) is 0 Å². The fourth-order valence-electron chi connectivity index (χ4n) is 1.48. The summed E-state index contributed by atoms with van der Waals surface area (Å²) in [6, 6.07) is 12.7. The van der Waals surface area contributed by atoms with E-state index in [1.54, 1.807) is 12.1 Å². The highest BCUT2D eigenvalue weighted by atomic mass is 35.5. The molecule has 0 bridgehead atoms. The first-order valence-electron chi connectivity index (χ1n) is 5.32. The van der Waals surface area contributed by atoms with Gasteiger partial charge >= 0.3 is 0 Å². The Bertz CT molecular complexity index is 600. The lowest BCUT2D eigenvalue weighted by atomic mass is 10.2. The van der Waals surface area contributed by atoms with Gasteiger partial charge in [0.15, 0.2) is 0 Å².